The van der Waals surface area contributed by atoms with E-state index in [1.807, 2.05) is 0 Å². The molecule has 0 aliphatic rings. The number of aldehydes is 1. The first-order valence-electron chi connectivity index (χ1n) is 4.38. The lowest BCUT2D eigenvalue weighted by Gasteiger charge is -2.23. The van der Waals surface area contributed by atoms with E-state index < -0.39 is 11.2 Å². The number of carbonyl (C=O) groups excluding carboxylic acids is 1. The van der Waals surface area contributed by atoms with Gasteiger partial charge in [-0.1, -0.05) is 26.0 Å². The monoisotopic (exact) mass is 196 g/mol. The highest BCUT2D eigenvalue weighted by Gasteiger charge is 2.24. The van der Waals surface area contributed by atoms with Crippen LogP contribution >= 0.6 is 0 Å². The van der Waals surface area contributed by atoms with Crippen molar-refractivity contribution in [3.8, 4) is 0 Å². The van der Waals surface area contributed by atoms with Crippen molar-refractivity contribution >= 4 is 6.29 Å². The van der Waals surface area contributed by atoms with Crippen LogP contribution in [-0.4, -0.2) is 18.0 Å². The average Bonchev–Trinajstić information content (AvgIpc) is 2.18. The fraction of sp³-hybridized carbons (Fsp3) is 0.364. The van der Waals surface area contributed by atoms with Gasteiger partial charge in [-0.05, 0) is 11.6 Å². The molecule has 0 atom stereocenters. The highest BCUT2D eigenvalue weighted by Crippen LogP contribution is 2.26. The Morgan fingerprint density at radius 1 is 1.50 bits per heavy atom. The molecule has 14 heavy (non-hydrogen) atoms. The minimum atomic E-state index is -0.664. The summed E-state index contributed by atoms with van der Waals surface area (Å²) >= 11 is 0. The Morgan fingerprint density at radius 2 is 2.14 bits per heavy atom. The molecule has 1 N–H and O–H groups in total. The van der Waals surface area contributed by atoms with Crippen LogP contribution in [0.5, 0.6) is 0 Å². The summed E-state index contributed by atoms with van der Waals surface area (Å²) in [5.41, 5.74) is -0.267. The fourth-order valence-electron chi connectivity index (χ4n) is 1.25. The van der Waals surface area contributed by atoms with Crippen LogP contribution < -0.4 is 0 Å². The van der Waals surface area contributed by atoms with E-state index in [0.717, 1.165) is 0 Å². The zero-order valence-corrected chi connectivity index (χ0v) is 8.25. The molecular formula is C11H13FO2. The normalized spacial score (nSPS) is 11.4. The molecule has 0 spiro atoms. The summed E-state index contributed by atoms with van der Waals surface area (Å²) < 4.78 is 13.6. The third-order valence-corrected chi connectivity index (χ3v) is 2.28. The van der Waals surface area contributed by atoms with Crippen molar-refractivity contribution in [2.24, 2.45) is 0 Å². The molecule has 0 unspecified atom stereocenters. The number of halogens is 1. The molecule has 1 rings (SSSR count). The van der Waals surface area contributed by atoms with Crippen molar-refractivity contribution in [1.82, 2.24) is 0 Å². The molecule has 0 saturated carbocycles. The largest absolute Gasteiger partial charge is 0.395 e. The predicted octanol–water partition coefficient (Wildman–Crippen LogP) is 1.91. The highest BCUT2D eigenvalue weighted by atomic mass is 19.1. The van der Waals surface area contributed by atoms with Gasteiger partial charge < -0.3 is 5.11 Å². The maximum Gasteiger partial charge on any atom is 0.153 e. The van der Waals surface area contributed by atoms with Crippen LogP contribution in [0.25, 0.3) is 0 Å². The molecule has 3 heteroatoms. The summed E-state index contributed by atoms with van der Waals surface area (Å²) in [5.74, 6) is -0.540. The van der Waals surface area contributed by atoms with Crippen LogP contribution in [0.2, 0.25) is 0 Å². The number of carbonyl (C=O) groups is 1. The lowest BCUT2D eigenvalue weighted by Crippen LogP contribution is -2.24. The number of aliphatic hydroxyl groups is 1. The van der Waals surface area contributed by atoms with Gasteiger partial charge in [-0.15, -0.1) is 0 Å². The van der Waals surface area contributed by atoms with Gasteiger partial charge in [-0.2, -0.15) is 0 Å². The van der Waals surface area contributed by atoms with E-state index in [2.05, 4.69) is 0 Å². The Morgan fingerprint density at radius 3 is 2.64 bits per heavy atom. The van der Waals surface area contributed by atoms with Gasteiger partial charge in [0, 0.05) is 5.41 Å². The molecule has 0 bridgehead atoms. The lowest BCUT2D eigenvalue weighted by atomic mass is 9.84. The summed E-state index contributed by atoms with van der Waals surface area (Å²) in [6.07, 6.45) is 0.478. The molecular weight excluding hydrogens is 183 g/mol. The van der Waals surface area contributed by atoms with Crippen LogP contribution in [0.15, 0.2) is 18.2 Å². The molecule has 0 heterocycles. The van der Waals surface area contributed by atoms with E-state index in [1.165, 1.54) is 6.07 Å². The quantitative estimate of drug-likeness (QED) is 0.750. The molecule has 1 aromatic rings. The van der Waals surface area contributed by atoms with Crippen LogP contribution in [-0.2, 0) is 5.41 Å². The summed E-state index contributed by atoms with van der Waals surface area (Å²) in [6.45, 7) is 3.28. The lowest BCUT2D eigenvalue weighted by molar-refractivity contribution is 0.111. The molecule has 0 radical (unpaired) electrons. The van der Waals surface area contributed by atoms with Crippen LogP contribution in [0.3, 0.4) is 0 Å². The first kappa shape index (κ1) is 10.9. The van der Waals surface area contributed by atoms with E-state index in [1.54, 1.807) is 26.0 Å². The summed E-state index contributed by atoms with van der Waals surface area (Å²) in [4.78, 5) is 10.5. The molecule has 0 aromatic heterocycles. The summed E-state index contributed by atoms with van der Waals surface area (Å²) in [7, 11) is 0. The third kappa shape index (κ3) is 1.82. The van der Waals surface area contributed by atoms with Gasteiger partial charge in [0.1, 0.15) is 5.82 Å². The number of hydrogen-bond donors (Lipinski definition) is 1. The number of aliphatic hydroxyl groups excluding tert-OH is 1. The molecule has 1 aromatic carbocycles. The van der Waals surface area contributed by atoms with Crippen molar-refractivity contribution in [3.05, 3.63) is 35.1 Å². The molecule has 0 aliphatic heterocycles. The van der Waals surface area contributed by atoms with Gasteiger partial charge in [-0.3, -0.25) is 4.79 Å². The fourth-order valence-corrected chi connectivity index (χ4v) is 1.25. The molecule has 0 saturated heterocycles. The third-order valence-electron chi connectivity index (χ3n) is 2.28. The van der Waals surface area contributed by atoms with Gasteiger partial charge in [0.05, 0.1) is 12.2 Å². The van der Waals surface area contributed by atoms with E-state index >= 15 is 0 Å². The van der Waals surface area contributed by atoms with Gasteiger partial charge >= 0.3 is 0 Å². The van der Waals surface area contributed by atoms with Gasteiger partial charge in [0.2, 0.25) is 0 Å². The van der Waals surface area contributed by atoms with Crippen LogP contribution in [0, 0.1) is 5.82 Å². The maximum absolute atomic E-state index is 13.6. The van der Waals surface area contributed by atoms with Gasteiger partial charge in [0.25, 0.3) is 0 Å². The standard InChI is InChI=1S/C11H13FO2/c1-11(2,7-14)9-5-3-4-8(6-13)10(9)12/h3-6,14H,7H2,1-2H3. The zero-order chi connectivity index (χ0) is 10.8. The highest BCUT2D eigenvalue weighted by molar-refractivity contribution is 5.75. The Bertz CT molecular complexity index is 345. The first-order chi connectivity index (χ1) is 6.53. The topological polar surface area (TPSA) is 37.3 Å². The number of rotatable bonds is 3. The molecule has 0 fully saturated rings. The summed E-state index contributed by atoms with van der Waals surface area (Å²) in [5, 5.41) is 9.08. The molecule has 0 aliphatic carbocycles. The minimum Gasteiger partial charge on any atom is -0.395 e. The predicted molar refractivity (Wildman–Crippen MR) is 51.9 cm³/mol. The van der Waals surface area contributed by atoms with Crippen molar-refractivity contribution in [3.63, 3.8) is 0 Å². The second-order valence-electron chi connectivity index (χ2n) is 3.87. The Kier molecular flexibility index (Phi) is 3.01. The Labute approximate surface area is 82.4 Å². The van der Waals surface area contributed by atoms with Crippen molar-refractivity contribution in [2.45, 2.75) is 19.3 Å². The molecule has 76 valence electrons. The smallest absolute Gasteiger partial charge is 0.153 e. The molecule has 0 amide bonds. The zero-order valence-electron chi connectivity index (χ0n) is 8.25. The Balaban J connectivity index is 3.29. The van der Waals surface area contributed by atoms with Crippen molar-refractivity contribution in [1.29, 1.82) is 0 Å². The minimum absolute atomic E-state index is 0.0315. The number of benzene rings is 1. The Hall–Kier alpha value is -1.22. The molecule has 2 nitrogen and oxygen atoms in total. The van der Waals surface area contributed by atoms with E-state index in [-0.39, 0.29) is 12.2 Å². The van der Waals surface area contributed by atoms with Crippen LogP contribution in [0.1, 0.15) is 29.8 Å². The van der Waals surface area contributed by atoms with Crippen LogP contribution in [0.4, 0.5) is 4.39 Å². The maximum atomic E-state index is 13.6. The van der Waals surface area contributed by atoms with E-state index in [4.69, 9.17) is 5.11 Å². The van der Waals surface area contributed by atoms with E-state index in [9.17, 15) is 9.18 Å². The second-order valence-corrected chi connectivity index (χ2v) is 3.87. The SMILES string of the molecule is CC(C)(CO)c1cccc(C=O)c1F. The summed E-state index contributed by atoms with van der Waals surface area (Å²) in [6, 6.07) is 4.61. The second kappa shape index (κ2) is 3.88. The average molecular weight is 196 g/mol. The van der Waals surface area contributed by atoms with Gasteiger partial charge in [-0.25, -0.2) is 4.39 Å². The van der Waals surface area contributed by atoms with Crippen molar-refractivity contribution < 1.29 is 14.3 Å². The van der Waals surface area contributed by atoms with E-state index in [0.29, 0.717) is 11.8 Å². The van der Waals surface area contributed by atoms with Crippen molar-refractivity contribution in [2.75, 3.05) is 6.61 Å². The first-order valence-corrected chi connectivity index (χ1v) is 4.38. The van der Waals surface area contributed by atoms with Gasteiger partial charge in [0.15, 0.2) is 6.29 Å². The number of hydrogen-bond acceptors (Lipinski definition) is 2.